The zero-order valence-corrected chi connectivity index (χ0v) is 28.2. The lowest BCUT2D eigenvalue weighted by Gasteiger charge is -2.46. The molecule has 1 aliphatic heterocycles. The van der Waals surface area contributed by atoms with Crippen molar-refractivity contribution in [1.29, 1.82) is 0 Å². The van der Waals surface area contributed by atoms with Crippen molar-refractivity contribution in [3.05, 3.63) is 77.7 Å². The van der Waals surface area contributed by atoms with Crippen LogP contribution in [0.15, 0.2) is 77.0 Å². The van der Waals surface area contributed by atoms with Gasteiger partial charge < -0.3 is 10.6 Å². The Bertz CT molecular complexity index is 1440. The van der Waals surface area contributed by atoms with Gasteiger partial charge in [0.2, 0.25) is 23.4 Å². The molecule has 2 N–H and O–H groups in total. The molecule has 3 fully saturated rings. The van der Waals surface area contributed by atoms with E-state index in [1.54, 1.807) is 30.3 Å². The average Bonchev–Trinajstić information content (AvgIpc) is 3.08. The minimum Gasteiger partial charge on any atom is -0.348 e. The largest absolute Gasteiger partial charge is 0.348 e. The number of carbonyl (C=O) groups excluding carboxylic acids is 2. The fourth-order valence-corrected chi connectivity index (χ4v) is 7.51. The summed E-state index contributed by atoms with van der Waals surface area (Å²) in [5.74, 6) is -2.63. The van der Waals surface area contributed by atoms with E-state index in [2.05, 4.69) is 10.6 Å². The highest BCUT2D eigenvalue weighted by atomic mass is 32.2. The maximum Gasteiger partial charge on any atom is 0.243 e. The molecule has 0 bridgehead atoms. The van der Waals surface area contributed by atoms with Crippen molar-refractivity contribution in [2.24, 2.45) is 11.8 Å². The molecule has 2 aromatic rings. The summed E-state index contributed by atoms with van der Waals surface area (Å²) in [7, 11) is -3.71. The maximum atomic E-state index is 13.7. The molecule has 1 saturated heterocycles. The zero-order chi connectivity index (χ0) is 33.3. The van der Waals surface area contributed by atoms with Crippen molar-refractivity contribution >= 4 is 21.7 Å². The summed E-state index contributed by atoms with van der Waals surface area (Å²) < 4.78 is 26.0. The van der Waals surface area contributed by atoms with Crippen LogP contribution in [0.2, 0.25) is 0 Å². The quantitative estimate of drug-likeness (QED) is 0.261. The van der Waals surface area contributed by atoms with E-state index in [-0.39, 0.29) is 28.5 Å². The molecule has 0 radical (unpaired) electrons. The Hall–Kier alpha value is -3.09. The lowest BCUT2D eigenvalue weighted by atomic mass is 9.84. The van der Waals surface area contributed by atoms with Gasteiger partial charge in [0.25, 0.3) is 0 Å². The molecular weight excluding hydrogens is 620 g/mol. The molecular formula is C36H48N2O8S. The van der Waals surface area contributed by atoms with Crippen LogP contribution in [0, 0.1) is 11.8 Å². The van der Waals surface area contributed by atoms with Crippen LogP contribution in [0.4, 0.5) is 0 Å². The summed E-state index contributed by atoms with van der Waals surface area (Å²) in [6.45, 7) is 3.99. The summed E-state index contributed by atoms with van der Waals surface area (Å²) >= 11 is 0. The van der Waals surface area contributed by atoms with E-state index >= 15 is 0 Å². The predicted octanol–water partition coefficient (Wildman–Crippen LogP) is 6.08. The van der Waals surface area contributed by atoms with Gasteiger partial charge in [-0.15, -0.1) is 0 Å². The molecule has 2 spiro atoms. The highest BCUT2D eigenvalue weighted by molar-refractivity contribution is 7.94. The summed E-state index contributed by atoms with van der Waals surface area (Å²) in [5, 5.41) is 7.18. The van der Waals surface area contributed by atoms with Gasteiger partial charge in [0, 0.05) is 43.1 Å². The van der Waals surface area contributed by atoms with Crippen molar-refractivity contribution in [2.75, 3.05) is 0 Å². The van der Waals surface area contributed by atoms with E-state index in [1.807, 2.05) is 44.2 Å². The minimum atomic E-state index is -3.71. The van der Waals surface area contributed by atoms with Crippen molar-refractivity contribution in [3.8, 4) is 0 Å². The van der Waals surface area contributed by atoms with E-state index in [0.717, 1.165) is 43.1 Å². The van der Waals surface area contributed by atoms with Gasteiger partial charge in [0.15, 0.2) is 9.84 Å². The summed E-state index contributed by atoms with van der Waals surface area (Å²) in [4.78, 5) is 50.4. The first-order valence-corrected chi connectivity index (χ1v) is 18.5. The molecule has 1 heterocycles. The maximum absolute atomic E-state index is 13.7. The third-order valence-corrected chi connectivity index (χ3v) is 10.7. The van der Waals surface area contributed by atoms with Crippen LogP contribution in [0.3, 0.4) is 0 Å². The third kappa shape index (κ3) is 9.73. The molecule has 0 unspecified atom stereocenters. The monoisotopic (exact) mass is 668 g/mol. The van der Waals surface area contributed by atoms with E-state index < -0.39 is 33.5 Å². The number of nitrogens with one attached hydrogen (secondary N) is 2. The Morgan fingerprint density at radius 1 is 0.830 bits per heavy atom. The molecule has 2 amide bonds. The van der Waals surface area contributed by atoms with Gasteiger partial charge in [-0.05, 0) is 68.6 Å². The SMILES string of the molecule is CC(C)C[C@@H](NC(=O)C1CCC2(CC1)OOC1(CCCCC1)OO2)C(=O)N[C@@H](/C=C/S(=O)(=O)c1ccccc1)CCc1ccccc1. The Morgan fingerprint density at radius 2 is 1.40 bits per heavy atom. The van der Waals surface area contributed by atoms with Gasteiger partial charge in [-0.2, -0.15) is 19.6 Å². The van der Waals surface area contributed by atoms with Crippen LogP contribution in [0.5, 0.6) is 0 Å². The van der Waals surface area contributed by atoms with Crippen molar-refractivity contribution in [1.82, 2.24) is 10.6 Å². The number of hydrogen-bond acceptors (Lipinski definition) is 8. The van der Waals surface area contributed by atoms with E-state index in [0.29, 0.717) is 44.9 Å². The van der Waals surface area contributed by atoms with E-state index in [1.165, 1.54) is 6.08 Å². The summed E-state index contributed by atoms with van der Waals surface area (Å²) in [6.07, 6.45) is 9.45. The summed E-state index contributed by atoms with van der Waals surface area (Å²) in [5.41, 5.74) is 1.07. The number of aryl methyl sites for hydroxylation is 1. The number of hydrogen-bond donors (Lipinski definition) is 2. The Labute approximate surface area is 278 Å². The topological polar surface area (TPSA) is 129 Å². The summed E-state index contributed by atoms with van der Waals surface area (Å²) in [6, 6.07) is 16.6. The molecule has 2 aromatic carbocycles. The molecule has 5 rings (SSSR count). The Balaban J connectivity index is 1.21. The lowest BCUT2D eigenvalue weighted by molar-refractivity contribution is -0.662. The highest BCUT2D eigenvalue weighted by Crippen LogP contribution is 2.45. The van der Waals surface area contributed by atoms with Crippen LogP contribution >= 0.6 is 0 Å². The van der Waals surface area contributed by atoms with Crippen LogP contribution in [-0.4, -0.2) is 43.9 Å². The van der Waals surface area contributed by atoms with Crippen LogP contribution in [-0.2, 0) is 45.4 Å². The zero-order valence-electron chi connectivity index (χ0n) is 27.4. The Kier molecular flexibility index (Phi) is 11.9. The molecule has 10 nitrogen and oxygen atoms in total. The van der Waals surface area contributed by atoms with E-state index in [9.17, 15) is 18.0 Å². The average molecular weight is 669 g/mol. The fourth-order valence-electron chi connectivity index (χ4n) is 6.42. The van der Waals surface area contributed by atoms with Gasteiger partial charge in [0.05, 0.1) is 4.90 Å². The first kappa shape index (κ1) is 35.2. The van der Waals surface area contributed by atoms with Gasteiger partial charge >= 0.3 is 0 Å². The fraction of sp³-hybridized carbons (Fsp3) is 0.556. The van der Waals surface area contributed by atoms with Crippen LogP contribution in [0.1, 0.15) is 90.0 Å². The molecule has 3 aliphatic rings. The van der Waals surface area contributed by atoms with Crippen molar-refractivity contribution in [2.45, 2.75) is 119 Å². The third-order valence-electron chi connectivity index (χ3n) is 9.24. The lowest BCUT2D eigenvalue weighted by Crippen LogP contribution is -2.54. The molecule has 256 valence electrons. The van der Waals surface area contributed by atoms with Crippen molar-refractivity contribution in [3.63, 3.8) is 0 Å². The molecule has 2 aliphatic carbocycles. The second-order valence-corrected chi connectivity index (χ2v) is 15.3. The van der Waals surface area contributed by atoms with Gasteiger partial charge in [-0.25, -0.2) is 8.42 Å². The number of sulfone groups is 1. The molecule has 0 aromatic heterocycles. The Morgan fingerprint density at radius 3 is 2.00 bits per heavy atom. The van der Waals surface area contributed by atoms with Crippen LogP contribution in [0.25, 0.3) is 0 Å². The van der Waals surface area contributed by atoms with Gasteiger partial charge in [0.1, 0.15) is 6.04 Å². The smallest absolute Gasteiger partial charge is 0.243 e. The highest BCUT2D eigenvalue weighted by Gasteiger charge is 2.51. The number of carbonyl (C=O) groups is 2. The molecule has 11 heteroatoms. The second-order valence-electron chi connectivity index (χ2n) is 13.5. The standard InChI is InChI=1S/C36H48N2O8S/c1-27(2)26-32(38-33(39)29-18-23-36(24-19-29)45-43-35(44-46-36)21-10-5-11-22-35)34(40)37-30(17-16-28-12-6-3-7-13-28)20-25-47(41,42)31-14-8-4-9-15-31/h3-4,6-9,12-15,20,25,27,29-30,32H,5,10-11,16-19,21-24,26H2,1-2H3,(H,37,40)(H,38,39)/b25-20+/t30-,32-/m1/s1. The van der Waals surface area contributed by atoms with Crippen molar-refractivity contribution < 1.29 is 37.6 Å². The number of amides is 2. The molecule has 47 heavy (non-hydrogen) atoms. The molecule has 2 atom stereocenters. The van der Waals surface area contributed by atoms with Crippen LogP contribution < -0.4 is 10.6 Å². The first-order chi connectivity index (χ1) is 22.6. The van der Waals surface area contributed by atoms with Gasteiger partial charge in [-0.1, -0.05) is 74.9 Å². The number of rotatable bonds is 12. The normalized spacial score (nSPS) is 21.1. The first-order valence-electron chi connectivity index (χ1n) is 16.9. The minimum absolute atomic E-state index is 0.128. The second kappa shape index (κ2) is 15.9. The van der Waals surface area contributed by atoms with E-state index in [4.69, 9.17) is 19.6 Å². The number of benzene rings is 2. The predicted molar refractivity (Wildman–Crippen MR) is 176 cm³/mol. The van der Waals surface area contributed by atoms with Gasteiger partial charge in [-0.3, -0.25) is 9.59 Å². The molecule has 2 saturated carbocycles.